The summed E-state index contributed by atoms with van der Waals surface area (Å²) in [5, 5.41) is 8.75. The molecule has 0 bridgehead atoms. The SMILES string of the molecule is CCn1cc(-c2cc(Cl)ccc2CNC(C)C)c(C)n1. The average molecular weight is 292 g/mol. The van der Waals surface area contributed by atoms with Crippen LogP contribution in [0.4, 0.5) is 0 Å². The minimum Gasteiger partial charge on any atom is -0.310 e. The molecule has 0 spiro atoms. The fraction of sp³-hybridized carbons (Fsp3) is 0.438. The minimum absolute atomic E-state index is 0.456. The van der Waals surface area contributed by atoms with Crippen molar-refractivity contribution in [3.63, 3.8) is 0 Å². The topological polar surface area (TPSA) is 29.9 Å². The van der Waals surface area contributed by atoms with Crippen molar-refractivity contribution >= 4 is 11.6 Å². The smallest absolute Gasteiger partial charge is 0.0672 e. The molecular weight excluding hydrogens is 270 g/mol. The Morgan fingerprint density at radius 2 is 2.05 bits per heavy atom. The Labute approximate surface area is 126 Å². The highest BCUT2D eigenvalue weighted by atomic mass is 35.5. The maximum absolute atomic E-state index is 6.17. The van der Waals surface area contributed by atoms with Crippen LogP contribution < -0.4 is 5.32 Å². The Hall–Kier alpha value is -1.32. The van der Waals surface area contributed by atoms with E-state index in [4.69, 9.17) is 11.6 Å². The van der Waals surface area contributed by atoms with Gasteiger partial charge in [-0.15, -0.1) is 0 Å². The molecule has 0 saturated heterocycles. The van der Waals surface area contributed by atoms with Crippen molar-refractivity contribution < 1.29 is 0 Å². The maximum Gasteiger partial charge on any atom is 0.0672 e. The van der Waals surface area contributed by atoms with Crippen molar-refractivity contribution in [2.75, 3.05) is 0 Å². The van der Waals surface area contributed by atoms with Gasteiger partial charge in [0.1, 0.15) is 0 Å². The molecule has 0 radical (unpaired) electrons. The highest BCUT2D eigenvalue weighted by Crippen LogP contribution is 2.29. The summed E-state index contributed by atoms with van der Waals surface area (Å²) in [6, 6.07) is 6.53. The van der Waals surface area contributed by atoms with Gasteiger partial charge in [-0.05, 0) is 37.1 Å². The highest BCUT2D eigenvalue weighted by Gasteiger charge is 2.12. The molecule has 1 heterocycles. The molecule has 1 aromatic carbocycles. The largest absolute Gasteiger partial charge is 0.310 e. The van der Waals surface area contributed by atoms with E-state index in [0.717, 1.165) is 29.4 Å². The van der Waals surface area contributed by atoms with Crippen molar-refractivity contribution in [1.82, 2.24) is 15.1 Å². The van der Waals surface area contributed by atoms with Crippen LogP contribution in [0.1, 0.15) is 32.0 Å². The third-order valence-electron chi connectivity index (χ3n) is 3.33. The lowest BCUT2D eigenvalue weighted by Crippen LogP contribution is -2.22. The molecule has 0 saturated carbocycles. The van der Waals surface area contributed by atoms with Crippen LogP contribution in [0.25, 0.3) is 11.1 Å². The zero-order valence-corrected chi connectivity index (χ0v) is 13.3. The molecule has 0 aliphatic rings. The van der Waals surface area contributed by atoms with Gasteiger partial charge in [-0.1, -0.05) is 31.5 Å². The van der Waals surface area contributed by atoms with Crippen LogP contribution in [-0.4, -0.2) is 15.8 Å². The molecular formula is C16H22ClN3. The molecule has 1 aromatic heterocycles. The molecule has 0 unspecified atom stereocenters. The third-order valence-corrected chi connectivity index (χ3v) is 3.57. The molecule has 2 rings (SSSR count). The summed E-state index contributed by atoms with van der Waals surface area (Å²) in [5.74, 6) is 0. The second-order valence-electron chi connectivity index (χ2n) is 5.32. The van der Waals surface area contributed by atoms with Crippen molar-refractivity contribution in [3.8, 4) is 11.1 Å². The third kappa shape index (κ3) is 3.41. The Bertz CT molecular complexity index is 587. The number of halogens is 1. The molecule has 0 fully saturated rings. The number of aryl methyl sites for hydroxylation is 2. The lowest BCUT2D eigenvalue weighted by atomic mass is 10.00. The maximum atomic E-state index is 6.17. The summed E-state index contributed by atoms with van der Waals surface area (Å²) in [7, 11) is 0. The van der Waals surface area contributed by atoms with Gasteiger partial charge in [0.15, 0.2) is 0 Å². The fourth-order valence-corrected chi connectivity index (χ4v) is 2.38. The van der Waals surface area contributed by atoms with E-state index in [1.54, 1.807) is 0 Å². The van der Waals surface area contributed by atoms with Crippen LogP contribution in [0.2, 0.25) is 5.02 Å². The Kier molecular flexibility index (Phi) is 4.84. The second kappa shape index (κ2) is 6.42. The van der Waals surface area contributed by atoms with Gasteiger partial charge in [-0.25, -0.2) is 0 Å². The lowest BCUT2D eigenvalue weighted by Gasteiger charge is -2.13. The molecule has 0 aliphatic heterocycles. The summed E-state index contributed by atoms with van der Waals surface area (Å²) in [6.45, 7) is 10.1. The van der Waals surface area contributed by atoms with E-state index in [0.29, 0.717) is 6.04 Å². The van der Waals surface area contributed by atoms with E-state index in [1.165, 1.54) is 11.1 Å². The van der Waals surface area contributed by atoms with E-state index in [-0.39, 0.29) is 0 Å². The first-order valence-corrected chi connectivity index (χ1v) is 7.45. The standard InChI is InChI=1S/C16H22ClN3/c1-5-20-10-16(12(4)19-20)15-8-14(17)7-6-13(15)9-18-11(2)3/h6-8,10-11,18H,5,9H2,1-4H3. The molecule has 20 heavy (non-hydrogen) atoms. The van der Waals surface area contributed by atoms with Crippen LogP contribution in [0.5, 0.6) is 0 Å². The number of hydrogen-bond acceptors (Lipinski definition) is 2. The molecule has 108 valence electrons. The van der Waals surface area contributed by atoms with Gasteiger partial charge in [-0.2, -0.15) is 5.10 Å². The number of aromatic nitrogens is 2. The van der Waals surface area contributed by atoms with E-state index in [9.17, 15) is 0 Å². The lowest BCUT2D eigenvalue weighted by molar-refractivity contribution is 0.589. The van der Waals surface area contributed by atoms with E-state index in [2.05, 4.69) is 43.4 Å². The van der Waals surface area contributed by atoms with E-state index < -0.39 is 0 Å². The minimum atomic E-state index is 0.456. The first kappa shape index (κ1) is 15.1. The van der Waals surface area contributed by atoms with Crippen LogP contribution in [-0.2, 0) is 13.1 Å². The average Bonchev–Trinajstić information content (AvgIpc) is 2.78. The molecule has 2 aromatic rings. The molecule has 4 heteroatoms. The van der Waals surface area contributed by atoms with Gasteiger partial charge in [0, 0.05) is 35.9 Å². The van der Waals surface area contributed by atoms with Gasteiger partial charge in [-0.3, -0.25) is 4.68 Å². The first-order valence-electron chi connectivity index (χ1n) is 7.07. The number of rotatable bonds is 5. The zero-order valence-electron chi connectivity index (χ0n) is 12.6. The number of nitrogens with zero attached hydrogens (tertiary/aromatic N) is 2. The molecule has 1 N–H and O–H groups in total. The van der Waals surface area contributed by atoms with Gasteiger partial charge in [0.25, 0.3) is 0 Å². The predicted molar refractivity (Wildman–Crippen MR) is 85.1 cm³/mol. The summed E-state index contributed by atoms with van der Waals surface area (Å²) >= 11 is 6.17. The summed E-state index contributed by atoms with van der Waals surface area (Å²) in [6.07, 6.45) is 2.10. The van der Waals surface area contributed by atoms with E-state index in [1.807, 2.05) is 23.7 Å². The Balaban J connectivity index is 2.42. The van der Waals surface area contributed by atoms with Gasteiger partial charge >= 0.3 is 0 Å². The number of nitrogens with one attached hydrogen (secondary N) is 1. The van der Waals surface area contributed by atoms with Crippen molar-refractivity contribution in [2.24, 2.45) is 0 Å². The molecule has 0 atom stereocenters. The monoisotopic (exact) mass is 291 g/mol. The first-order chi connectivity index (χ1) is 9.51. The highest BCUT2D eigenvalue weighted by molar-refractivity contribution is 6.30. The van der Waals surface area contributed by atoms with Gasteiger partial charge in [0.2, 0.25) is 0 Å². The molecule has 0 aliphatic carbocycles. The summed E-state index contributed by atoms with van der Waals surface area (Å²) < 4.78 is 1.96. The normalized spacial score (nSPS) is 11.3. The summed E-state index contributed by atoms with van der Waals surface area (Å²) in [5.41, 5.74) is 4.62. The zero-order chi connectivity index (χ0) is 14.7. The van der Waals surface area contributed by atoms with Gasteiger partial charge in [0.05, 0.1) is 5.69 Å². The van der Waals surface area contributed by atoms with Gasteiger partial charge < -0.3 is 5.32 Å². The van der Waals surface area contributed by atoms with Crippen LogP contribution in [0.15, 0.2) is 24.4 Å². The van der Waals surface area contributed by atoms with Crippen molar-refractivity contribution in [1.29, 1.82) is 0 Å². The number of hydrogen-bond donors (Lipinski definition) is 1. The van der Waals surface area contributed by atoms with Crippen LogP contribution >= 0.6 is 11.6 Å². The van der Waals surface area contributed by atoms with Crippen molar-refractivity contribution in [3.05, 3.63) is 40.7 Å². The van der Waals surface area contributed by atoms with Crippen LogP contribution in [0.3, 0.4) is 0 Å². The molecule has 0 amide bonds. The summed E-state index contributed by atoms with van der Waals surface area (Å²) in [4.78, 5) is 0. The van der Waals surface area contributed by atoms with Crippen molar-refractivity contribution in [2.45, 2.75) is 46.8 Å². The molecule has 3 nitrogen and oxygen atoms in total. The van der Waals surface area contributed by atoms with E-state index >= 15 is 0 Å². The number of benzene rings is 1. The predicted octanol–water partition coefficient (Wildman–Crippen LogP) is 4.03. The Morgan fingerprint density at radius 1 is 1.30 bits per heavy atom. The Morgan fingerprint density at radius 3 is 2.65 bits per heavy atom. The quantitative estimate of drug-likeness (QED) is 0.901. The van der Waals surface area contributed by atoms with Crippen LogP contribution in [0, 0.1) is 6.92 Å². The fourth-order valence-electron chi connectivity index (χ4n) is 2.21. The second-order valence-corrected chi connectivity index (χ2v) is 5.76.